The molecule has 0 bridgehead atoms. The topological polar surface area (TPSA) is 65.1 Å². The van der Waals surface area contributed by atoms with Gasteiger partial charge >= 0.3 is 0 Å². The average Bonchev–Trinajstić information content (AvgIpc) is 2.74. The number of benzene rings is 1. The van der Waals surface area contributed by atoms with Crippen molar-refractivity contribution < 1.29 is 8.42 Å². The molecule has 0 aliphatic rings. The van der Waals surface area contributed by atoms with E-state index in [-0.39, 0.29) is 11.8 Å². The second-order valence-electron chi connectivity index (χ2n) is 5.37. The van der Waals surface area contributed by atoms with Crippen molar-refractivity contribution in [1.29, 1.82) is 0 Å². The Bertz CT molecular complexity index is 689. The van der Waals surface area contributed by atoms with E-state index in [1.165, 1.54) is 17.2 Å². The summed E-state index contributed by atoms with van der Waals surface area (Å²) >= 11 is 0. The zero-order valence-corrected chi connectivity index (χ0v) is 12.9. The number of hydrogen-bond acceptors (Lipinski definition) is 3. The predicted molar refractivity (Wildman–Crippen MR) is 83.6 cm³/mol. The second-order valence-corrected chi connectivity index (χ2v) is 7.63. The van der Waals surface area contributed by atoms with Crippen molar-refractivity contribution in [3.8, 4) is 0 Å². The number of aromatic nitrogens is 1. The van der Waals surface area contributed by atoms with Crippen LogP contribution < -0.4 is 5.73 Å². The largest absolute Gasteiger partial charge is 0.346 e. The van der Waals surface area contributed by atoms with Crippen LogP contribution in [0.25, 0.3) is 10.9 Å². The summed E-state index contributed by atoms with van der Waals surface area (Å²) in [6.07, 6.45) is 5.07. The third kappa shape index (κ3) is 3.61. The molecule has 5 heteroatoms. The highest BCUT2D eigenvalue weighted by molar-refractivity contribution is 7.90. The van der Waals surface area contributed by atoms with Gasteiger partial charge in [-0.2, -0.15) is 0 Å². The Balaban J connectivity index is 2.35. The fourth-order valence-corrected chi connectivity index (χ4v) is 2.89. The molecule has 4 nitrogen and oxygen atoms in total. The first-order valence-electron chi connectivity index (χ1n) is 6.90. The van der Waals surface area contributed by atoms with Gasteiger partial charge in [-0.1, -0.05) is 25.1 Å². The van der Waals surface area contributed by atoms with Gasteiger partial charge in [0, 0.05) is 35.9 Å². The molecule has 110 valence electrons. The summed E-state index contributed by atoms with van der Waals surface area (Å²) in [6, 6.07) is 8.22. The fourth-order valence-electron chi connectivity index (χ4n) is 2.36. The Hall–Kier alpha value is -1.33. The number of para-hydroxylation sites is 1. The van der Waals surface area contributed by atoms with Gasteiger partial charge in [-0.3, -0.25) is 0 Å². The lowest BCUT2D eigenvalue weighted by atomic mass is 10.0. The second kappa shape index (κ2) is 5.97. The van der Waals surface area contributed by atoms with Gasteiger partial charge in [0.2, 0.25) is 0 Å². The molecule has 1 aromatic heterocycles. The van der Waals surface area contributed by atoms with E-state index in [1.807, 2.05) is 29.0 Å². The number of fused-ring (bicyclic) bond motifs is 1. The number of nitrogens with zero attached hydrogens (tertiary/aromatic N) is 1. The summed E-state index contributed by atoms with van der Waals surface area (Å²) in [5.41, 5.74) is 8.32. The van der Waals surface area contributed by atoms with Crippen LogP contribution in [0.4, 0.5) is 0 Å². The van der Waals surface area contributed by atoms with Crippen LogP contribution in [0.5, 0.6) is 0 Å². The monoisotopic (exact) mass is 294 g/mol. The molecule has 20 heavy (non-hydrogen) atoms. The lowest BCUT2D eigenvalue weighted by Crippen LogP contribution is -2.21. The predicted octanol–water partition coefficient (Wildman–Crippen LogP) is 1.97. The van der Waals surface area contributed by atoms with Crippen molar-refractivity contribution in [2.75, 3.05) is 12.0 Å². The van der Waals surface area contributed by atoms with Gasteiger partial charge in [0.15, 0.2) is 0 Å². The molecule has 0 fully saturated rings. The zero-order valence-electron chi connectivity index (χ0n) is 12.0. The van der Waals surface area contributed by atoms with Crippen LogP contribution in [0.2, 0.25) is 0 Å². The van der Waals surface area contributed by atoms with E-state index >= 15 is 0 Å². The number of hydrogen-bond donors (Lipinski definition) is 1. The van der Waals surface area contributed by atoms with Gasteiger partial charge in [0.25, 0.3) is 0 Å². The van der Waals surface area contributed by atoms with Crippen molar-refractivity contribution in [3.63, 3.8) is 0 Å². The first-order valence-corrected chi connectivity index (χ1v) is 8.97. The van der Waals surface area contributed by atoms with Crippen LogP contribution in [0.3, 0.4) is 0 Å². The fraction of sp³-hybridized carbons (Fsp3) is 0.467. The van der Waals surface area contributed by atoms with Crippen LogP contribution in [-0.4, -0.2) is 31.0 Å². The molecule has 0 aliphatic carbocycles. The van der Waals surface area contributed by atoms with Crippen LogP contribution in [-0.2, 0) is 22.8 Å². The molecule has 1 heterocycles. The summed E-state index contributed by atoms with van der Waals surface area (Å²) in [5.74, 6) is 0.158. The van der Waals surface area contributed by atoms with Crippen LogP contribution >= 0.6 is 0 Å². The maximum Gasteiger partial charge on any atom is 0.149 e. The van der Waals surface area contributed by atoms with Crippen LogP contribution in [0, 0.1) is 0 Å². The Morgan fingerprint density at radius 1 is 1.30 bits per heavy atom. The molecule has 0 amide bonds. The van der Waals surface area contributed by atoms with Crippen molar-refractivity contribution in [2.45, 2.75) is 32.4 Å². The van der Waals surface area contributed by atoms with Crippen molar-refractivity contribution in [2.24, 2.45) is 5.73 Å². The van der Waals surface area contributed by atoms with Crippen LogP contribution in [0.15, 0.2) is 30.5 Å². The Kier molecular flexibility index (Phi) is 4.50. The molecular formula is C15H22N2O2S. The van der Waals surface area contributed by atoms with Crippen molar-refractivity contribution in [1.82, 2.24) is 4.57 Å². The van der Waals surface area contributed by atoms with E-state index < -0.39 is 9.84 Å². The SMILES string of the molecule is CCC(N)Cc1cn(CCS(C)(=O)=O)c2ccccc12. The van der Waals surface area contributed by atoms with E-state index in [1.54, 1.807) is 0 Å². The van der Waals surface area contributed by atoms with Crippen molar-refractivity contribution in [3.05, 3.63) is 36.0 Å². The van der Waals surface area contributed by atoms with Crippen molar-refractivity contribution >= 4 is 20.7 Å². The third-order valence-electron chi connectivity index (χ3n) is 3.58. The van der Waals surface area contributed by atoms with E-state index in [0.717, 1.165) is 18.4 Å². The highest BCUT2D eigenvalue weighted by Gasteiger charge is 2.12. The first-order chi connectivity index (χ1) is 9.40. The van der Waals surface area contributed by atoms with E-state index in [2.05, 4.69) is 13.0 Å². The maximum atomic E-state index is 11.3. The average molecular weight is 294 g/mol. The van der Waals surface area contributed by atoms with Gasteiger partial charge in [0.1, 0.15) is 9.84 Å². The van der Waals surface area contributed by atoms with E-state index in [9.17, 15) is 8.42 Å². The zero-order chi connectivity index (χ0) is 14.8. The minimum Gasteiger partial charge on any atom is -0.346 e. The maximum absolute atomic E-state index is 11.3. The number of sulfone groups is 1. The number of rotatable bonds is 6. The molecule has 1 unspecified atom stereocenters. The normalized spacial score (nSPS) is 13.8. The molecule has 2 rings (SSSR count). The summed E-state index contributed by atoms with van der Waals surface area (Å²) in [4.78, 5) is 0. The smallest absolute Gasteiger partial charge is 0.149 e. The molecular weight excluding hydrogens is 272 g/mol. The molecule has 2 N–H and O–H groups in total. The number of aryl methyl sites for hydroxylation is 1. The summed E-state index contributed by atoms with van der Waals surface area (Å²) in [7, 11) is -2.95. The van der Waals surface area contributed by atoms with Crippen LogP contribution in [0.1, 0.15) is 18.9 Å². The highest BCUT2D eigenvalue weighted by Crippen LogP contribution is 2.22. The molecule has 1 atom stereocenters. The lowest BCUT2D eigenvalue weighted by Gasteiger charge is -2.06. The lowest BCUT2D eigenvalue weighted by molar-refractivity contribution is 0.595. The van der Waals surface area contributed by atoms with E-state index in [4.69, 9.17) is 5.73 Å². The minimum absolute atomic E-state index is 0.143. The highest BCUT2D eigenvalue weighted by atomic mass is 32.2. The molecule has 0 spiro atoms. The molecule has 1 aromatic carbocycles. The molecule has 0 saturated heterocycles. The standard InChI is InChI=1S/C15H22N2O2S/c1-3-13(16)10-12-11-17(8-9-20(2,18)19)15-7-5-4-6-14(12)15/h4-7,11,13H,3,8-10,16H2,1-2H3. The van der Waals surface area contributed by atoms with Gasteiger partial charge in [-0.15, -0.1) is 0 Å². The van der Waals surface area contributed by atoms with E-state index in [0.29, 0.717) is 6.54 Å². The van der Waals surface area contributed by atoms with Gasteiger partial charge in [-0.05, 0) is 24.5 Å². The third-order valence-corrected chi connectivity index (χ3v) is 4.50. The summed E-state index contributed by atoms with van der Waals surface area (Å²) in [5, 5.41) is 1.17. The summed E-state index contributed by atoms with van der Waals surface area (Å²) in [6.45, 7) is 2.56. The Labute approximate surface area is 120 Å². The van der Waals surface area contributed by atoms with Gasteiger partial charge in [-0.25, -0.2) is 8.42 Å². The quantitative estimate of drug-likeness (QED) is 0.886. The first kappa shape index (κ1) is 15.1. The molecule has 2 aromatic rings. The number of nitrogens with two attached hydrogens (primary N) is 1. The van der Waals surface area contributed by atoms with Gasteiger partial charge < -0.3 is 10.3 Å². The molecule has 0 radical (unpaired) electrons. The molecule has 0 aliphatic heterocycles. The Morgan fingerprint density at radius 2 is 2.00 bits per heavy atom. The van der Waals surface area contributed by atoms with Gasteiger partial charge in [0.05, 0.1) is 5.75 Å². The molecule has 0 saturated carbocycles. The Morgan fingerprint density at radius 3 is 2.65 bits per heavy atom. The summed E-state index contributed by atoms with van der Waals surface area (Å²) < 4.78 is 24.7. The minimum atomic E-state index is -2.95.